The second-order valence-electron chi connectivity index (χ2n) is 10.6. The Morgan fingerprint density at radius 1 is 1.03 bits per heavy atom. The van der Waals surface area contributed by atoms with Crippen molar-refractivity contribution >= 4 is 23.3 Å². The smallest absolute Gasteiger partial charge is 0.303 e. The van der Waals surface area contributed by atoms with Gasteiger partial charge in [0.05, 0.1) is 0 Å². The number of unbranched alkanes of at least 4 members (excludes halogenated alkanes) is 3. The zero-order valence-corrected chi connectivity index (χ0v) is 22.8. The molecule has 0 saturated heterocycles. The van der Waals surface area contributed by atoms with Gasteiger partial charge >= 0.3 is 5.97 Å². The second-order valence-corrected chi connectivity index (χ2v) is 10.6. The molecule has 7 nitrogen and oxygen atoms in total. The van der Waals surface area contributed by atoms with Crippen LogP contribution in [0.4, 0.5) is 0 Å². The first kappa shape index (κ1) is 28.5. The standard InChI is InChI=1S/C32H41N3O4/c36-30(37)18-6-2-5-17-28(27-16-10-19-33-22-27)25-14-9-15-26(21-25)32-35-29(23-39-32)31(38)34-20-8-7-13-24-11-3-1-4-12-24/h9-10,14-17,19,21-22,24,29H,1-8,11-13,18,20,23H2,(H,34,38)(H,36,37)/b28-17-. The van der Waals surface area contributed by atoms with Crippen molar-refractivity contribution < 1.29 is 19.4 Å². The number of hydrogen-bond donors (Lipinski definition) is 2. The number of benzene rings is 1. The minimum absolute atomic E-state index is 0.0730. The van der Waals surface area contributed by atoms with Gasteiger partial charge in [-0.05, 0) is 60.9 Å². The fourth-order valence-corrected chi connectivity index (χ4v) is 5.44. The van der Waals surface area contributed by atoms with E-state index in [1.165, 1.54) is 44.9 Å². The summed E-state index contributed by atoms with van der Waals surface area (Å²) in [5.74, 6) is 0.529. The number of rotatable bonds is 14. The molecule has 1 aromatic carbocycles. The molecular weight excluding hydrogens is 490 g/mol. The van der Waals surface area contributed by atoms with Crippen LogP contribution < -0.4 is 5.32 Å². The lowest BCUT2D eigenvalue weighted by molar-refractivity contribution is -0.137. The van der Waals surface area contributed by atoms with Gasteiger partial charge < -0.3 is 15.2 Å². The number of pyridine rings is 1. The Kier molecular flexibility index (Phi) is 11.1. The number of amides is 1. The molecule has 2 aromatic rings. The van der Waals surface area contributed by atoms with Gasteiger partial charge in [-0.3, -0.25) is 14.6 Å². The van der Waals surface area contributed by atoms with E-state index in [2.05, 4.69) is 21.4 Å². The Labute approximate surface area is 231 Å². The second kappa shape index (κ2) is 15.2. The maximum Gasteiger partial charge on any atom is 0.303 e. The van der Waals surface area contributed by atoms with Gasteiger partial charge in [0.1, 0.15) is 6.61 Å². The van der Waals surface area contributed by atoms with Crippen LogP contribution in [0.3, 0.4) is 0 Å². The van der Waals surface area contributed by atoms with Crippen LogP contribution >= 0.6 is 0 Å². The molecule has 208 valence electrons. The van der Waals surface area contributed by atoms with Crippen molar-refractivity contribution in [3.8, 4) is 0 Å². The highest BCUT2D eigenvalue weighted by Gasteiger charge is 2.26. The third kappa shape index (κ3) is 9.05. The van der Waals surface area contributed by atoms with Crippen LogP contribution in [-0.4, -0.2) is 47.1 Å². The number of aliphatic imine (C=N–C) groups is 1. The summed E-state index contributed by atoms with van der Waals surface area (Å²) in [7, 11) is 0. The van der Waals surface area contributed by atoms with E-state index < -0.39 is 12.0 Å². The Morgan fingerprint density at radius 2 is 1.87 bits per heavy atom. The highest BCUT2D eigenvalue weighted by Crippen LogP contribution is 2.28. The van der Waals surface area contributed by atoms with Gasteiger partial charge in [0.2, 0.25) is 11.8 Å². The maximum absolute atomic E-state index is 12.7. The third-order valence-electron chi connectivity index (χ3n) is 7.60. The van der Waals surface area contributed by atoms with Gasteiger partial charge in [-0.25, -0.2) is 4.99 Å². The monoisotopic (exact) mass is 531 g/mol. The number of nitrogens with zero attached hydrogens (tertiary/aromatic N) is 2. The number of carboxylic acids is 1. The number of aliphatic carboxylic acids is 1. The number of carbonyl (C=O) groups excluding carboxylic acids is 1. The van der Waals surface area contributed by atoms with Crippen molar-refractivity contribution in [3.05, 3.63) is 71.6 Å². The van der Waals surface area contributed by atoms with Crippen molar-refractivity contribution in [3.63, 3.8) is 0 Å². The normalized spacial score (nSPS) is 17.9. The Balaban J connectivity index is 1.34. The molecule has 1 aliphatic carbocycles. The first-order valence-corrected chi connectivity index (χ1v) is 14.5. The number of allylic oxidation sites excluding steroid dienone is 1. The highest BCUT2D eigenvalue weighted by molar-refractivity contribution is 5.99. The van der Waals surface area contributed by atoms with Gasteiger partial charge in [-0.15, -0.1) is 0 Å². The van der Waals surface area contributed by atoms with Crippen LogP contribution in [-0.2, 0) is 14.3 Å². The minimum atomic E-state index is -0.766. The van der Waals surface area contributed by atoms with Crippen LogP contribution in [0.15, 0.2) is 59.9 Å². The summed E-state index contributed by atoms with van der Waals surface area (Å²) in [6.45, 7) is 0.941. The third-order valence-corrected chi connectivity index (χ3v) is 7.60. The van der Waals surface area contributed by atoms with E-state index in [9.17, 15) is 9.59 Å². The molecule has 1 saturated carbocycles. The summed E-state index contributed by atoms with van der Waals surface area (Å²) < 4.78 is 5.86. The van der Waals surface area contributed by atoms with Gasteiger partial charge in [-0.1, -0.05) is 69.2 Å². The summed E-state index contributed by atoms with van der Waals surface area (Å²) in [4.78, 5) is 32.4. The number of carboxylic acid groups (broad SMARTS) is 1. The van der Waals surface area contributed by atoms with Crippen LogP contribution in [0.25, 0.3) is 5.57 Å². The fraction of sp³-hybridized carbons (Fsp3) is 0.500. The summed E-state index contributed by atoms with van der Waals surface area (Å²) in [6.07, 6.45) is 18.4. The van der Waals surface area contributed by atoms with E-state index in [0.717, 1.165) is 47.4 Å². The number of ether oxygens (including phenoxy) is 1. The molecule has 1 amide bonds. The van der Waals surface area contributed by atoms with Crippen LogP contribution in [0.5, 0.6) is 0 Å². The molecule has 0 bridgehead atoms. The average molecular weight is 532 g/mol. The molecular formula is C32H41N3O4. The van der Waals surface area contributed by atoms with Crippen molar-refractivity contribution in [2.75, 3.05) is 13.2 Å². The first-order chi connectivity index (χ1) is 19.1. The predicted octanol–water partition coefficient (Wildman–Crippen LogP) is 6.17. The Bertz CT molecular complexity index is 1140. The molecule has 7 heteroatoms. The molecule has 1 unspecified atom stereocenters. The van der Waals surface area contributed by atoms with Crippen molar-refractivity contribution in [1.29, 1.82) is 0 Å². The fourth-order valence-electron chi connectivity index (χ4n) is 5.44. The molecule has 0 radical (unpaired) electrons. The SMILES string of the molecule is O=C(O)CCCC/C=C(\c1cccnc1)c1cccc(C2=NC(C(=O)NCCCCC3CCCCC3)CO2)c1. The summed E-state index contributed by atoms with van der Waals surface area (Å²) in [6, 6.07) is 11.4. The van der Waals surface area contributed by atoms with Crippen molar-refractivity contribution in [2.24, 2.45) is 10.9 Å². The molecule has 2 N–H and O–H groups in total. The van der Waals surface area contributed by atoms with Gasteiger partial charge in [-0.2, -0.15) is 0 Å². The van der Waals surface area contributed by atoms with E-state index in [1.54, 1.807) is 6.20 Å². The average Bonchev–Trinajstić information content (AvgIpc) is 3.46. The molecule has 0 spiro atoms. The summed E-state index contributed by atoms with van der Waals surface area (Å²) >= 11 is 0. The number of hydrogen-bond acceptors (Lipinski definition) is 5. The number of aromatic nitrogens is 1. The highest BCUT2D eigenvalue weighted by atomic mass is 16.5. The topological polar surface area (TPSA) is 101 Å². The summed E-state index contributed by atoms with van der Waals surface area (Å²) in [5.41, 5.74) is 3.84. The largest absolute Gasteiger partial charge is 0.481 e. The minimum Gasteiger partial charge on any atom is -0.481 e. The van der Waals surface area contributed by atoms with E-state index in [1.807, 2.05) is 42.6 Å². The van der Waals surface area contributed by atoms with E-state index in [0.29, 0.717) is 18.9 Å². The van der Waals surface area contributed by atoms with Crippen LogP contribution in [0.1, 0.15) is 93.7 Å². The molecule has 39 heavy (non-hydrogen) atoms. The Hall–Kier alpha value is -3.48. The molecule has 1 aliphatic heterocycles. The molecule has 4 rings (SSSR count). The molecule has 1 fully saturated rings. The number of carbonyl (C=O) groups is 2. The quantitative estimate of drug-likeness (QED) is 0.284. The predicted molar refractivity (Wildman–Crippen MR) is 154 cm³/mol. The van der Waals surface area contributed by atoms with E-state index in [4.69, 9.17) is 9.84 Å². The molecule has 1 aromatic heterocycles. The lowest BCUT2D eigenvalue weighted by Gasteiger charge is -2.21. The molecule has 2 heterocycles. The van der Waals surface area contributed by atoms with E-state index >= 15 is 0 Å². The molecule has 2 aliphatic rings. The lowest BCUT2D eigenvalue weighted by atomic mass is 9.86. The number of nitrogens with one attached hydrogen (secondary N) is 1. The van der Waals surface area contributed by atoms with Crippen molar-refractivity contribution in [2.45, 2.75) is 83.1 Å². The van der Waals surface area contributed by atoms with Crippen molar-refractivity contribution in [1.82, 2.24) is 10.3 Å². The zero-order chi connectivity index (χ0) is 27.3. The van der Waals surface area contributed by atoms with Gasteiger partial charge in [0.15, 0.2) is 6.04 Å². The van der Waals surface area contributed by atoms with Crippen LogP contribution in [0.2, 0.25) is 0 Å². The molecule has 1 atom stereocenters. The maximum atomic E-state index is 12.7. The lowest BCUT2D eigenvalue weighted by Crippen LogP contribution is -2.34. The van der Waals surface area contributed by atoms with Crippen LogP contribution in [0, 0.1) is 5.92 Å². The first-order valence-electron chi connectivity index (χ1n) is 14.5. The van der Waals surface area contributed by atoms with E-state index in [-0.39, 0.29) is 18.9 Å². The Morgan fingerprint density at radius 3 is 2.67 bits per heavy atom. The summed E-state index contributed by atoms with van der Waals surface area (Å²) in [5, 5.41) is 11.9. The van der Waals surface area contributed by atoms with Gasteiger partial charge in [0, 0.05) is 36.5 Å². The van der Waals surface area contributed by atoms with Gasteiger partial charge in [0.25, 0.3) is 0 Å². The zero-order valence-electron chi connectivity index (χ0n) is 22.8.